The number of halogens is 6. The predicted octanol–water partition coefficient (Wildman–Crippen LogP) is 4.48. The number of aromatic carboxylic acids is 1. The molecule has 0 aliphatic heterocycles. The zero-order chi connectivity index (χ0) is 20.6. The van der Waals surface area contributed by atoms with Gasteiger partial charge in [-0.1, -0.05) is 24.3 Å². The number of hydrogen-bond donors (Lipinski definition) is 2. The Balaban J connectivity index is 2.77. The Morgan fingerprint density at radius 1 is 0.778 bits per heavy atom. The van der Waals surface area contributed by atoms with E-state index in [-0.39, 0.29) is 5.57 Å². The molecule has 10 heteroatoms. The zero-order valence-electron chi connectivity index (χ0n) is 13.4. The molecule has 0 aromatic heterocycles. The quantitative estimate of drug-likeness (QED) is 0.739. The first-order chi connectivity index (χ1) is 12.3. The highest BCUT2D eigenvalue weighted by atomic mass is 19.4. The van der Waals surface area contributed by atoms with Crippen LogP contribution >= 0.6 is 0 Å². The summed E-state index contributed by atoms with van der Waals surface area (Å²) in [6, 6.07) is 2.26. The van der Waals surface area contributed by atoms with E-state index in [4.69, 9.17) is 10.2 Å². The van der Waals surface area contributed by atoms with Crippen LogP contribution in [0.15, 0.2) is 47.6 Å². The molecule has 0 amide bonds. The van der Waals surface area contributed by atoms with Crippen molar-refractivity contribution in [2.24, 2.45) is 0 Å². The Morgan fingerprint density at radius 2 is 1.30 bits per heavy atom. The minimum atomic E-state index is -5.80. The van der Waals surface area contributed by atoms with Gasteiger partial charge >= 0.3 is 24.3 Å². The van der Waals surface area contributed by atoms with Crippen molar-refractivity contribution in [3.63, 3.8) is 0 Å². The number of allylic oxidation sites excluding steroid dienone is 3. The molecular weight excluding hydrogens is 382 g/mol. The van der Waals surface area contributed by atoms with Crippen LogP contribution in [0.25, 0.3) is 0 Å². The van der Waals surface area contributed by atoms with Gasteiger partial charge in [0.05, 0.1) is 5.56 Å². The summed E-state index contributed by atoms with van der Waals surface area (Å²) in [6.07, 6.45) is -11.6. The molecule has 0 bridgehead atoms. The van der Waals surface area contributed by atoms with Crippen LogP contribution in [-0.2, 0) is 10.2 Å². The molecule has 2 N–H and O–H groups in total. The van der Waals surface area contributed by atoms with E-state index in [9.17, 15) is 35.9 Å². The highest BCUT2D eigenvalue weighted by molar-refractivity contribution is 5.88. The number of rotatable bonds is 4. The lowest BCUT2D eigenvalue weighted by Gasteiger charge is -2.40. The van der Waals surface area contributed by atoms with Crippen LogP contribution in [0.4, 0.5) is 26.3 Å². The van der Waals surface area contributed by atoms with Gasteiger partial charge in [0.2, 0.25) is 5.41 Å². The van der Waals surface area contributed by atoms with Crippen molar-refractivity contribution in [2.75, 3.05) is 0 Å². The molecule has 1 aliphatic rings. The molecule has 0 heterocycles. The molecule has 0 fully saturated rings. The van der Waals surface area contributed by atoms with Gasteiger partial charge in [0.15, 0.2) is 0 Å². The summed E-state index contributed by atoms with van der Waals surface area (Å²) in [4.78, 5) is 21.7. The molecule has 1 aromatic rings. The first-order valence-electron chi connectivity index (χ1n) is 7.43. The summed E-state index contributed by atoms with van der Waals surface area (Å²) in [7, 11) is 0. The normalized spacial score (nSPS) is 15.8. The summed E-state index contributed by atoms with van der Waals surface area (Å²) < 4.78 is 83.1. The fourth-order valence-electron chi connectivity index (χ4n) is 3.03. The second kappa shape index (κ2) is 6.75. The van der Waals surface area contributed by atoms with Crippen molar-refractivity contribution < 1.29 is 46.1 Å². The molecule has 0 unspecified atom stereocenters. The number of carboxylic acids is 2. The number of carboxylic acid groups (broad SMARTS) is 2. The summed E-state index contributed by atoms with van der Waals surface area (Å²) in [6.45, 7) is 0. The van der Waals surface area contributed by atoms with Gasteiger partial charge in [0.25, 0.3) is 0 Å². The van der Waals surface area contributed by atoms with Gasteiger partial charge in [-0.25, -0.2) is 9.59 Å². The first kappa shape index (κ1) is 20.5. The van der Waals surface area contributed by atoms with Crippen molar-refractivity contribution >= 4 is 11.9 Å². The van der Waals surface area contributed by atoms with E-state index in [2.05, 4.69) is 0 Å². The molecule has 0 saturated carbocycles. The topological polar surface area (TPSA) is 74.6 Å². The molecule has 0 atom stereocenters. The maximum atomic E-state index is 13.8. The minimum Gasteiger partial charge on any atom is -0.478 e. The van der Waals surface area contributed by atoms with E-state index in [0.717, 1.165) is 6.08 Å². The summed E-state index contributed by atoms with van der Waals surface area (Å²) in [5.74, 6) is -2.93. The Labute approximate surface area is 148 Å². The molecular formula is C17H12F6O4. The predicted molar refractivity (Wildman–Crippen MR) is 80.2 cm³/mol. The highest BCUT2D eigenvalue weighted by Crippen LogP contribution is 2.58. The number of benzene rings is 1. The lowest BCUT2D eigenvalue weighted by molar-refractivity contribution is -0.290. The first-order valence-corrected chi connectivity index (χ1v) is 7.43. The summed E-state index contributed by atoms with van der Waals surface area (Å²) in [5, 5.41) is 17.7. The Kier molecular flexibility index (Phi) is 5.13. The maximum absolute atomic E-state index is 13.8. The highest BCUT2D eigenvalue weighted by Gasteiger charge is 2.73. The second-order valence-corrected chi connectivity index (χ2v) is 5.82. The van der Waals surface area contributed by atoms with Crippen LogP contribution in [-0.4, -0.2) is 34.5 Å². The molecule has 4 nitrogen and oxygen atoms in total. The average molecular weight is 394 g/mol. The lowest BCUT2D eigenvalue weighted by atomic mass is 9.69. The van der Waals surface area contributed by atoms with Crippen molar-refractivity contribution in [3.8, 4) is 0 Å². The molecule has 27 heavy (non-hydrogen) atoms. The number of alkyl halides is 6. The van der Waals surface area contributed by atoms with E-state index in [0.29, 0.717) is 30.3 Å². The lowest BCUT2D eigenvalue weighted by Crippen LogP contribution is -2.55. The molecule has 146 valence electrons. The smallest absolute Gasteiger partial charge is 0.410 e. The van der Waals surface area contributed by atoms with Gasteiger partial charge in [-0.15, -0.1) is 0 Å². The third-order valence-corrected chi connectivity index (χ3v) is 4.32. The fraction of sp³-hybridized carbons (Fsp3) is 0.294. The van der Waals surface area contributed by atoms with E-state index >= 15 is 0 Å². The van der Waals surface area contributed by atoms with E-state index in [1.165, 1.54) is 0 Å². The molecule has 0 radical (unpaired) electrons. The molecule has 1 aromatic carbocycles. The van der Waals surface area contributed by atoms with Gasteiger partial charge in [-0.05, 0) is 36.1 Å². The Morgan fingerprint density at radius 3 is 1.63 bits per heavy atom. The van der Waals surface area contributed by atoms with Gasteiger partial charge in [0, 0.05) is 5.57 Å². The zero-order valence-corrected chi connectivity index (χ0v) is 13.4. The van der Waals surface area contributed by atoms with Crippen molar-refractivity contribution in [3.05, 3.63) is 58.7 Å². The van der Waals surface area contributed by atoms with Crippen LogP contribution in [0, 0.1) is 0 Å². The third kappa shape index (κ3) is 3.43. The largest absolute Gasteiger partial charge is 0.478 e. The van der Waals surface area contributed by atoms with Crippen LogP contribution in [0.3, 0.4) is 0 Å². The third-order valence-electron chi connectivity index (χ3n) is 4.32. The van der Waals surface area contributed by atoms with Crippen LogP contribution in [0.2, 0.25) is 0 Å². The van der Waals surface area contributed by atoms with Crippen molar-refractivity contribution in [1.82, 2.24) is 0 Å². The standard InChI is InChI=1S/C17H12F6O4/c18-16(19,20)15(17(21,22)23,11-5-1-9(2-6-11)13(24)25)12-7-3-10(4-8-12)14(26)27/h1-3,5-7H,4,8H2,(H,24,25)(H,26,27). The van der Waals surface area contributed by atoms with Crippen LogP contribution in [0.5, 0.6) is 0 Å². The van der Waals surface area contributed by atoms with Gasteiger partial charge < -0.3 is 10.2 Å². The fourth-order valence-corrected chi connectivity index (χ4v) is 3.03. The monoisotopic (exact) mass is 394 g/mol. The van der Waals surface area contributed by atoms with Gasteiger partial charge in [-0.3, -0.25) is 0 Å². The van der Waals surface area contributed by atoms with Gasteiger partial charge in [-0.2, -0.15) is 26.3 Å². The van der Waals surface area contributed by atoms with Crippen LogP contribution < -0.4 is 0 Å². The average Bonchev–Trinajstić information content (AvgIpc) is 2.53. The maximum Gasteiger partial charge on any atom is 0.410 e. The van der Waals surface area contributed by atoms with E-state index in [1.807, 2.05) is 0 Å². The molecule has 1 aliphatic carbocycles. The second-order valence-electron chi connectivity index (χ2n) is 5.82. The number of hydrogen-bond acceptors (Lipinski definition) is 2. The van der Waals surface area contributed by atoms with Crippen LogP contribution in [0.1, 0.15) is 28.8 Å². The molecule has 0 saturated heterocycles. The Hall–Kier alpha value is -2.78. The minimum absolute atomic E-state index is 0.307. The van der Waals surface area contributed by atoms with Crippen molar-refractivity contribution in [2.45, 2.75) is 30.6 Å². The van der Waals surface area contributed by atoms with E-state index < -0.39 is 59.2 Å². The molecule has 2 rings (SSSR count). The SMILES string of the molecule is O=C(O)C1=CC=C(C(c2ccc(C(=O)O)cc2)(C(F)(F)F)C(F)(F)F)CC1. The Bertz CT molecular complexity index is 801. The summed E-state index contributed by atoms with van der Waals surface area (Å²) >= 11 is 0. The van der Waals surface area contributed by atoms with Crippen molar-refractivity contribution in [1.29, 1.82) is 0 Å². The number of carbonyl (C=O) groups is 2. The number of aliphatic carboxylic acids is 1. The van der Waals surface area contributed by atoms with Gasteiger partial charge in [0.1, 0.15) is 0 Å². The van der Waals surface area contributed by atoms with E-state index in [1.54, 1.807) is 0 Å². The molecule has 0 spiro atoms. The summed E-state index contributed by atoms with van der Waals surface area (Å²) in [5.41, 5.74) is -7.40.